The molecule has 0 saturated heterocycles. The van der Waals surface area contributed by atoms with Crippen molar-refractivity contribution >= 4 is 45.3 Å². The van der Waals surface area contributed by atoms with E-state index in [1.54, 1.807) is 0 Å². The van der Waals surface area contributed by atoms with Gasteiger partial charge in [-0.25, -0.2) is 9.97 Å². The predicted octanol–water partition coefficient (Wildman–Crippen LogP) is 4.72. The molecule has 0 radical (unpaired) electrons. The molecule has 3 rings (SSSR count). The van der Waals surface area contributed by atoms with Crippen LogP contribution >= 0.6 is 34.3 Å². The van der Waals surface area contributed by atoms with Gasteiger partial charge in [-0.3, -0.25) is 4.79 Å². The zero-order valence-electron chi connectivity index (χ0n) is 12.6. The zero-order chi connectivity index (χ0) is 16.4. The second-order valence-electron chi connectivity index (χ2n) is 5.04. The van der Waals surface area contributed by atoms with Crippen LogP contribution in [0.25, 0.3) is 10.6 Å². The molecule has 4 nitrogen and oxygen atoms in total. The molecule has 0 spiro atoms. The highest BCUT2D eigenvalue weighted by atomic mass is 35.5. The fourth-order valence-electron chi connectivity index (χ4n) is 1.97. The van der Waals surface area contributed by atoms with E-state index in [9.17, 15) is 4.79 Å². The summed E-state index contributed by atoms with van der Waals surface area (Å²) < 4.78 is 0. The van der Waals surface area contributed by atoms with Crippen LogP contribution in [-0.2, 0) is 11.2 Å². The first-order valence-electron chi connectivity index (χ1n) is 6.95. The van der Waals surface area contributed by atoms with E-state index in [0.29, 0.717) is 10.2 Å². The first-order chi connectivity index (χ1) is 11.0. The number of benzene rings is 1. The van der Waals surface area contributed by atoms with Gasteiger partial charge >= 0.3 is 0 Å². The average Bonchev–Trinajstić information content (AvgIpc) is 3.07. The van der Waals surface area contributed by atoms with Crippen molar-refractivity contribution in [2.45, 2.75) is 20.3 Å². The highest BCUT2D eigenvalue weighted by Crippen LogP contribution is 2.26. The molecule has 2 heterocycles. The van der Waals surface area contributed by atoms with Crippen LogP contribution in [0.5, 0.6) is 0 Å². The van der Waals surface area contributed by atoms with Gasteiger partial charge < -0.3 is 5.32 Å². The van der Waals surface area contributed by atoms with E-state index >= 15 is 0 Å². The molecule has 0 bridgehead atoms. The van der Waals surface area contributed by atoms with E-state index in [0.717, 1.165) is 26.8 Å². The van der Waals surface area contributed by atoms with Crippen LogP contribution in [-0.4, -0.2) is 15.9 Å². The Labute approximate surface area is 147 Å². The maximum Gasteiger partial charge on any atom is 0.232 e. The van der Waals surface area contributed by atoms with E-state index < -0.39 is 0 Å². The number of nitrogens with one attached hydrogen (secondary N) is 1. The van der Waals surface area contributed by atoms with Gasteiger partial charge in [0.2, 0.25) is 5.91 Å². The van der Waals surface area contributed by atoms with E-state index in [4.69, 9.17) is 11.6 Å². The fourth-order valence-corrected chi connectivity index (χ4v) is 3.75. The Morgan fingerprint density at radius 3 is 2.61 bits per heavy atom. The SMILES string of the molecule is Cc1nc(NC(=O)Cc2csc(-c3ccc(Cl)cc3)n2)sc1C. The molecule has 3 aromatic rings. The Morgan fingerprint density at radius 2 is 1.96 bits per heavy atom. The van der Waals surface area contributed by atoms with E-state index in [1.807, 2.05) is 43.5 Å². The molecule has 0 atom stereocenters. The molecule has 0 saturated carbocycles. The Kier molecular flexibility index (Phi) is 4.75. The summed E-state index contributed by atoms with van der Waals surface area (Å²) in [7, 11) is 0. The number of carbonyl (C=O) groups is 1. The van der Waals surface area contributed by atoms with Crippen molar-refractivity contribution in [1.29, 1.82) is 0 Å². The third kappa shape index (κ3) is 3.96. The molecule has 2 aromatic heterocycles. The second kappa shape index (κ2) is 6.78. The number of hydrogen-bond donors (Lipinski definition) is 1. The van der Waals surface area contributed by atoms with E-state index in [1.165, 1.54) is 22.7 Å². The van der Waals surface area contributed by atoms with E-state index in [2.05, 4.69) is 15.3 Å². The summed E-state index contributed by atoms with van der Waals surface area (Å²) in [6.07, 6.45) is 0.238. The van der Waals surface area contributed by atoms with Crippen molar-refractivity contribution < 1.29 is 4.79 Å². The zero-order valence-corrected chi connectivity index (χ0v) is 15.0. The number of amides is 1. The Bertz CT molecular complexity index is 820. The number of nitrogens with zero attached hydrogens (tertiary/aromatic N) is 2. The molecule has 23 heavy (non-hydrogen) atoms. The minimum Gasteiger partial charge on any atom is -0.302 e. The molecular weight excluding hydrogens is 350 g/mol. The smallest absolute Gasteiger partial charge is 0.232 e. The number of thiazole rings is 2. The van der Waals surface area contributed by atoms with E-state index in [-0.39, 0.29) is 12.3 Å². The molecule has 1 amide bonds. The number of halogens is 1. The number of carbonyl (C=O) groups excluding carboxylic acids is 1. The normalized spacial score (nSPS) is 10.7. The minimum atomic E-state index is -0.105. The van der Waals surface area contributed by atoms with Gasteiger partial charge in [-0.15, -0.1) is 22.7 Å². The van der Waals surface area contributed by atoms with Crippen LogP contribution in [0.4, 0.5) is 5.13 Å². The Morgan fingerprint density at radius 1 is 1.22 bits per heavy atom. The largest absolute Gasteiger partial charge is 0.302 e. The van der Waals surface area contributed by atoms with Crippen molar-refractivity contribution in [3.63, 3.8) is 0 Å². The predicted molar refractivity (Wildman–Crippen MR) is 96.5 cm³/mol. The van der Waals surface area contributed by atoms with Crippen molar-refractivity contribution in [1.82, 2.24) is 9.97 Å². The molecule has 0 aliphatic rings. The first-order valence-corrected chi connectivity index (χ1v) is 9.03. The molecule has 118 valence electrons. The Balaban J connectivity index is 1.66. The maximum absolute atomic E-state index is 12.1. The lowest BCUT2D eigenvalue weighted by Crippen LogP contribution is -2.14. The Hall–Kier alpha value is -1.76. The average molecular weight is 364 g/mol. The fraction of sp³-hybridized carbons (Fsp3) is 0.188. The quantitative estimate of drug-likeness (QED) is 0.729. The van der Waals surface area contributed by atoms with Crippen LogP contribution < -0.4 is 5.32 Å². The molecule has 0 aliphatic heterocycles. The maximum atomic E-state index is 12.1. The number of rotatable bonds is 4. The van der Waals surface area contributed by atoms with Gasteiger partial charge in [-0.05, 0) is 26.0 Å². The number of aryl methyl sites for hydroxylation is 2. The molecule has 1 N–H and O–H groups in total. The van der Waals surface area contributed by atoms with Gasteiger partial charge in [-0.1, -0.05) is 23.7 Å². The van der Waals surface area contributed by atoms with Gasteiger partial charge in [0.1, 0.15) is 5.01 Å². The number of hydrogen-bond acceptors (Lipinski definition) is 5. The molecule has 0 fully saturated rings. The van der Waals surface area contributed by atoms with Crippen molar-refractivity contribution in [3.05, 3.63) is 50.9 Å². The summed E-state index contributed by atoms with van der Waals surface area (Å²) >= 11 is 8.89. The third-order valence-corrected chi connectivity index (χ3v) is 5.44. The lowest BCUT2D eigenvalue weighted by molar-refractivity contribution is -0.115. The number of anilines is 1. The standard InChI is InChI=1S/C16H14ClN3OS2/c1-9-10(2)23-16(18-9)20-14(21)7-13-8-22-15(19-13)11-3-5-12(17)6-4-11/h3-6,8H,7H2,1-2H3,(H,18,20,21). The number of aromatic nitrogens is 2. The molecular formula is C16H14ClN3OS2. The van der Waals surface area contributed by atoms with Crippen molar-refractivity contribution in [2.24, 2.45) is 0 Å². The van der Waals surface area contributed by atoms with Crippen molar-refractivity contribution in [3.8, 4) is 10.6 Å². The van der Waals surface area contributed by atoms with Gasteiger partial charge in [0, 0.05) is 20.8 Å². The highest BCUT2D eigenvalue weighted by molar-refractivity contribution is 7.15. The monoisotopic (exact) mass is 363 g/mol. The lowest BCUT2D eigenvalue weighted by atomic mass is 10.2. The van der Waals surface area contributed by atoms with Gasteiger partial charge in [0.25, 0.3) is 0 Å². The molecule has 0 aliphatic carbocycles. The first kappa shape index (κ1) is 16.1. The summed E-state index contributed by atoms with van der Waals surface area (Å²) in [6.45, 7) is 3.92. The van der Waals surface area contributed by atoms with Crippen LogP contribution in [0.15, 0.2) is 29.6 Å². The van der Waals surface area contributed by atoms with Crippen LogP contribution in [0.2, 0.25) is 5.02 Å². The molecule has 7 heteroatoms. The minimum absolute atomic E-state index is 0.105. The highest BCUT2D eigenvalue weighted by Gasteiger charge is 2.11. The topological polar surface area (TPSA) is 54.9 Å². The molecule has 1 aromatic carbocycles. The molecule has 0 unspecified atom stereocenters. The van der Waals surface area contributed by atoms with Gasteiger partial charge in [0.05, 0.1) is 17.8 Å². The van der Waals surface area contributed by atoms with Crippen LogP contribution in [0, 0.1) is 13.8 Å². The van der Waals surface area contributed by atoms with Crippen LogP contribution in [0.3, 0.4) is 0 Å². The van der Waals surface area contributed by atoms with Gasteiger partial charge in [-0.2, -0.15) is 0 Å². The summed E-state index contributed by atoms with van der Waals surface area (Å²) in [6, 6.07) is 7.51. The summed E-state index contributed by atoms with van der Waals surface area (Å²) in [5, 5.41) is 6.94. The third-order valence-electron chi connectivity index (χ3n) is 3.26. The lowest BCUT2D eigenvalue weighted by Gasteiger charge is -1.99. The van der Waals surface area contributed by atoms with Gasteiger partial charge in [0.15, 0.2) is 5.13 Å². The second-order valence-corrected chi connectivity index (χ2v) is 7.53. The summed E-state index contributed by atoms with van der Waals surface area (Å²) in [5.74, 6) is -0.105. The van der Waals surface area contributed by atoms with Crippen molar-refractivity contribution in [2.75, 3.05) is 5.32 Å². The van der Waals surface area contributed by atoms with Crippen LogP contribution in [0.1, 0.15) is 16.3 Å². The summed E-state index contributed by atoms with van der Waals surface area (Å²) in [5.41, 5.74) is 2.70. The summed E-state index contributed by atoms with van der Waals surface area (Å²) in [4.78, 5) is 22.0.